The molecule has 0 fully saturated rings. The van der Waals surface area contributed by atoms with Gasteiger partial charge in [-0.2, -0.15) is 0 Å². The average molecular weight is 572 g/mol. The van der Waals surface area contributed by atoms with E-state index < -0.39 is 6.04 Å². The third-order valence-corrected chi connectivity index (χ3v) is 7.10. The number of carbonyl (C=O) groups excluding carboxylic acids is 3. The molecule has 9 heteroatoms. The molecule has 1 atom stereocenters. The first-order valence-electron chi connectivity index (χ1n) is 12.2. The van der Waals surface area contributed by atoms with Crippen LogP contribution in [0.1, 0.15) is 61.3 Å². The lowest BCUT2D eigenvalue weighted by Crippen LogP contribution is -2.34. The second-order valence-corrected chi connectivity index (χ2v) is 10.3. The standard InChI is InChI=1S/C29H26BrN5O3/c1-18(34-28(37)21-11-7-8-12-22(21)29(34)38)27-32-31-25(15-16-33(2)3)35(27)24-14-13-20(30)17-23(24)26(36)19-9-5-4-6-10-19/h4-14,17-18H,15-16H2,1-3H3. The van der Waals surface area contributed by atoms with Gasteiger partial charge in [0, 0.05) is 28.6 Å². The zero-order chi connectivity index (χ0) is 27.0. The van der Waals surface area contributed by atoms with E-state index in [1.807, 2.05) is 53.9 Å². The highest BCUT2D eigenvalue weighted by Gasteiger charge is 2.41. The molecule has 0 bridgehead atoms. The van der Waals surface area contributed by atoms with Gasteiger partial charge in [0.15, 0.2) is 11.6 Å². The zero-order valence-electron chi connectivity index (χ0n) is 21.3. The summed E-state index contributed by atoms with van der Waals surface area (Å²) in [5, 5.41) is 8.93. The maximum absolute atomic E-state index is 13.7. The molecule has 3 aromatic carbocycles. The van der Waals surface area contributed by atoms with Gasteiger partial charge in [-0.05, 0) is 51.4 Å². The SMILES string of the molecule is CC(c1nnc(CCN(C)C)n1-c1ccc(Br)cc1C(=O)c1ccccc1)N1C(=O)c2ccccc2C1=O. The quantitative estimate of drug-likeness (QED) is 0.224. The minimum atomic E-state index is -0.730. The first-order chi connectivity index (χ1) is 18.3. The van der Waals surface area contributed by atoms with Gasteiger partial charge in [0.05, 0.1) is 22.9 Å². The van der Waals surface area contributed by atoms with Crippen LogP contribution in [0.5, 0.6) is 0 Å². The predicted octanol–water partition coefficient (Wildman–Crippen LogP) is 4.72. The van der Waals surface area contributed by atoms with Crippen molar-refractivity contribution in [1.29, 1.82) is 0 Å². The van der Waals surface area contributed by atoms with E-state index in [9.17, 15) is 14.4 Å². The van der Waals surface area contributed by atoms with Gasteiger partial charge >= 0.3 is 0 Å². The van der Waals surface area contributed by atoms with Gasteiger partial charge < -0.3 is 4.90 Å². The number of rotatable bonds is 8. The first kappa shape index (κ1) is 25.7. The van der Waals surface area contributed by atoms with Crippen molar-refractivity contribution >= 4 is 33.5 Å². The Morgan fingerprint density at radius 3 is 2.18 bits per heavy atom. The summed E-state index contributed by atoms with van der Waals surface area (Å²) in [5.74, 6) is 0.116. The minimum Gasteiger partial charge on any atom is -0.309 e. The van der Waals surface area contributed by atoms with Crippen molar-refractivity contribution in [2.75, 3.05) is 20.6 Å². The number of halogens is 1. The van der Waals surface area contributed by atoms with Gasteiger partial charge in [0.1, 0.15) is 5.82 Å². The molecule has 8 nitrogen and oxygen atoms in total. The molecule has 38 heavy (non-hydrogen) atoms. The monoisotopic (exact) mass is 571 g/mol. The summed E-state index contributed by atoms with van der Waals surface area (Å²) < 4.78 is 2.57. The Morgan fingerprint density at radius 1 is 0.921 bits per heavy atom. The van der Waals surface area contributed by atoms with Crippen LogP contribution in [0.3, 0.4) is 0 Å². The van der Waals surface area contributed by atoms with Crippen molar-refractivity contribution in [3.63, 3.8) is 0 Å². The number of ketones is 1. The molecule has 4 aromatic rings. The maximum Gasteiger partial charge on any atom is 0.262 e. The van der Waals surface area contributed by atoms with E-state index in [0.717, 1.165) is 4.47 Å². The lowest BCUT2D eigenvalue weighted by atomic mass is 10.0. The summed E-state index contributed by atoms with van der Waals surface area (Å²) in [6, 6.07) is 20.6. The second-order valence-electron chi connectivity index (χ2n) is 9.42. The lowest BCUT2D eigenvalue weighted by Gasteiger charge is -2.24. The van der Waals surface area contributed by atoms with E-state index in [2.05, 4.69) is 26.1 Å². The van der Waals surface area contributed by atoms with E-state index in [1.54, 1.807) is 49.4 Å². The van der Waals surface area contributed by atoms with Gasteiger partial charge in [-0.3, -0.25) is 23.9 Å². The van der Waals surface area contributed by atoms with Crippen LogP contribution in [0, 0.1) is 0 Å². The lowest BCUT2D eigenvalue weighted by molar-refractivity contribution is 0.0587. The van der Waals surface area contributed by atoms with Crippen LogP contribution < -0.4 is 0 Å². The van der Waals surface area contributed by atoms with Gasteiger partial charge in [-0.1, -0.05) is 58.4 Å². The van der Waals surface area contributed by atoms with Crippen molar-refractivity contribution in [1.82, 2.24) is 24.6 Å². The molecular formula is C29H26BrN5O3. The molecule has 0 spiro atoms. The summed E-state index contributed by atoms with van der Waals surface area (Å²) >= 11 is 3.51. The highest BCUT2D eigenvalue weighted by molar-refractivity contribution is 9.10. The van der Waals surface area contributed by atoms with Gasteiger partial charge in [0.25, 0.3) is 11.8 Å². The minimum absolute atomic E-state index is 0.159. The number of aromatic nitrogens is 3. The molecule has 2 amide bonds. The molecule has 0 radical (unpaired) electrons. The number of hydrogen-bond acceptors (Lipinski definition) is 6. The number of hydrogen-bond donors (Lipinski definition) is 0. The van der Waals surface area contributed by atoms with Crippen LogP contribution in [-0.4, -0.2) is 62.8 Å². The number of fused-ring (bicyclic) bond motifs is 1. The molecule has 5 rings (SSSR count). The van der Waals surface area contributed by atoms with E-state index >= 15 is 0 Å². The third kappa shape index (κ3) is 4.59. The fourth-order valence-corrected chi connectivity index (χ4v) is 5.02. The topological polar surface area (TPSA) is 88.4 Å². The summed E-state index contributed by atoms with van der Waals surface area (Å²) in [6.45, 7) is 2.45. The van der Waals surface area contributed by atoms with Crippen LogP contribution in [-0.2, 0) is 6.42 Å². The Bertz CT molecular complexity index is 1510. The van der Waals surface area contributed by atoms with E-state index in [1.165, 1.54) is 4.90 Å². The molecule has 2 heterocycles. The fraction of sp³-hybridized carbons (Fsp3) is 0.207. The Kier molecular flexibility index (Phi) is 7.05. The smallest absolute Gasteiger partial charge is 0.262 e. The Balaban J connectivity index is 1.65. The molecule has 0 aliphatic carbocycles. The summed E-state index contributed by atoms with van der Waals surface area (Å²) in [6.07, 6.45) is 0.546. The molecular weight excluding hydrogens is 546 g/mol. The van der Waals surface area contributed by atoms with E-state index in [-0.39, 0.29) is 17.6 Å². The van der Waals surface area contributed by atoms with Crippen molar-refractivity contribution in [2.45, 2.75) is 19.4 Å². The number of carbonyl (C=O) groups is 3. The zero-order valence-corrected chi connectivity index (χ0v) is 22.8. The summed E-state index contributed by atoms with van der Waals surface area (Å²) in [4.78, 5) is 43.5. The highest BCUT2D eigenvalue weighted by atomic mass is 79.9. The molecule has 1 aliphatic heterocycles. The first-order valence-corrected chi connectivity index (χ1v) is 13.0. The largest absolute Gasteiger partial charge is 0.309 e. The van der Waals surface area contributed by atoms with Gasteiger partial charge in [0.2, 0.25) is 0 Å². The molecule has 0 saturated carbocycles. The van der Waals surface area contributed by atoms with Crippen LogP contribution in [0.2, 0.25) is 0 Å². The Morgan fingerprint density at radius 2 is 1.55 bits per heavy atom. The second kappa shape index (κ2) is 10.4. The number of imide groups is 1. The molecule has 1 aliphatic rings. The van der Waals surface area contributed by atoms with Crippen molar-refractivity contribution in [2.24, 2.45) is 0 Å². The molecule has 192 valence electrons. The van der Waals surface area contributed by atoms with Crippen molar-refractivity contribution in [3.05, 3.63) is 111 Å². The summed E-state index contributed by atoms with van der Waals surface area (Å²) in [5.41, 5.74) is 2.31. The fourth-order valence-electron chi connectivity index (χ4n) is 4.65. The predicted molar refractivity (Wildman–Crippen MR) is 147 cm³/mol. The van der Waals surface area contributed by atoms with Crippen LogP contribution >= 0.6 is 15.9 Å². The average Bonchev–Trinajstić information content (AvgIpc) is 3.46. The van der Waals surface area contributed by atoms with Crippen molar-refractivity contribution in [3.8, 4) is 5.69 Å². The van der Waals surface area contributed by atoms with Crippen LogP contribution in [0.4, 0.5) is 0 Å². The normalized spacial score (nSPS) is 13.8. The Hall–Kier alpha value is -3.95. The highest BCUT2D eigenvalue weighted by Crippen LogP contribution is 2.33. The Labute approximate surface area is 229 Å². The summed E-state index contributed by atoms with van der Waals surface area (Å²) in [7, 11) is 3.93. The molecule has 0 saturated heterocycles. The van der Waals surface area contributed by atoms with Gasteiger partial charge in [-0.25, -0.2) is 0 Å². The van der Waals surface area contributed by atoms with Crippen molar-refractivity contribution < 1.29 is 14.4 Å². The van der Waals surface area contributed by atoms with Crippen LogP contribution in [0.25, 0.3) is 5.69 Å². The van der Waals surface area contributed by atoms with E-state index in [4.69, 9.17) is 0 Å². The maximum atomic E-state index is 13.7. The third-order valence-electron chi connectivity index (χ3n) is 6.60. The molecule has 1 aromatic heterocycles. The molecule has 1 unspecified atom stereocenters. The number of benzene rings is 3. The number of amides is 2. The number of likely N-dealkylation sites (N-methyl/N-ethyl adjacent to an activating group) is 1. The number of nitrogens with zero attached hydrogens (tertiary/aromatic N) is 5. The van der Waals surface area contributed by atoms with E-state index in [0.29, 0.717) is 52.6 Å². The molecule has 0 N–H and O–H groups in total. The van der Waals surface area contributed by atoms with Gasteiger partial charge in [-0.15, -0.1) is 10.2 Å². The van der Waals surface area contributed by atoms with Crippen LogP contribution in [0.15, 0.2) is 77.3 Å².